The first kappa shape index (κ1) is 26.1. The number of aliphatic hydroxyl groups is 3. The van der Waals surface area contributed by atoms with E-state index in [-0.39, 0.29) is 18.8 Å². The van der Waals surface area contributed by atoms with E-state index in [1.807, 2.05) is 0 Å². The van der Waals surface area contributed by atoms with Crippen LogP contribution in [0.1, 0.15) is 117 Å². The lowest BCUT2D eigenvalue weighted by Crippen LogP contribution is -2.08. The zero-order valence-corrected chi connectivity index (χ0v) is 16.8. The van der Waals surface area contributed by atoms with E-state index in [1.54, 1.807) is 0 Å². The molecule has 0 spiro atoms. The molecule has 0 aromatic heterocycles. The van der Waals surface area contributed by atoms with Crippen molar-refractivity contribution >= 4 is 0 Å². The van der Waals surface area contributed by atoms with Gasteiger partial charge in [0.15, 0.2) is 0 Å². The van der Waals surface area contributed by atoms with Gasteiger partial charge in [-0.3, -0.25) is 0 Å². The molecule has 0 aliphatic rings. The molecule has 0 saturated carbocycles. The molecule has 24 heavy (non-hydrogen) atoms. The third-order valence-electron chi connectivity index (χ3n) is 4.37. The minimum atomic E-state index is -0.281. The van der Waals surface area contributed by atoms with Gasteiger partial charge in [-0.1, -0.05) is 91.4 Å². The molecule has 0 saturated heterocycles. The molecule has 3 N–H and O–H groups in total. The van der Waals surface area contributed by atoms with Crippen molar-refractivity contribution in [2.45, 2.75) is 129 Å². The van der Waals surface area contributed by atoms with Gasteiger partial charge in [0.25, 0.3) is 0 Å². The summed E-state index contributed by atoms with van der Waals surface area (Å²) in [7, 11) is 0. The van der Waals surface area contributed by atoms with Crippen molar-refractivity contribution in [2.75, 3.05) is 6.61 Å². The Labute approximate surface area is 151 Å². The van der Waals surface area contributed by atoms with E-state index < -0.39 is 0 Å². The van der Waals surface area contributed by atoms with Gasteiger partial charge in [0, 0.05) is 6.61 Å². The monoisotopic (exact) mass is 346 g/mol. The van der Waals surface area contributed by atoms with Crippen LogP contribution in [0.5, 0.6) is 0 Å². The highest BCUT2D eigenvalue weighted by molar-refractivity contribution is 4.55. The summed E-state index contributed by atoms with van der Waals surface area (Å²) in [5, 5.41) is 27.2. The Hall–Kier alpha value is -0.120. The van der Waals surface area contributed by atoms with Gasteiger partial charge >= 0.3 is 0 Å². The average Bonchev–Trinajstić information content (AvgIpc) is 2.56. The number of hydrogen-bond acceptors (Lipinski definition) is 3. The number of unbranched alkanes of at least 4 members (excludes halogenated alkanes) is 8. The Morgan fingerprint density at radius 3 is 1.29 bits per heavy atom. The van der Waals surface area contributed by atoms with Crippen molar-refractivity contribution < 1.29 is 15.3 Å². The quantitative estimate of drug-likeness (QED) is 0.319. The van der Waals surface area contributed by atoms with Gasteiger partial charge in [-0.05, 0) is 25.7 Å². The molecule has 0 amide bonds. The topological polar surface area (TPSA) is 60.7 Å². The van der Waals surface area contributed by atoms with Gasteiger partial charge in [-0.25, -0.2) is 0 Å². The van der Waals surface area contributed by atoms with Gasteiger partial charge in [0.05, 0.1) is 12.2 Å². The van der Waals surface area contributed by atoms with Crippen LogP contribution in [-0.2, 0) is 0 Å². The lowest BCUT2D eigenvalue weighted by Gasteiger charge is -2.07. The van der Waals surface area contributed by atoms with Crippen molar-refractivity contribution in [2.24, 2.45) is 0 Å². The standard InChI is InChI=1S/C11H24O.C10H22O2/c1-3-5-6-7-8-10-11(12)9-4-2;1-2-3-4-5-6-7-10(12)8-9-11/h11-12H,3-10H2,1-2H3;10-12H,2-9H2,1H3/t11-;10-/m01/s1. The lowest BCUT2D eigenvalue weighted by atomic mass is 10.1. The average molecular weight is 347 g/mol. The van der Waals surface area contributed by atoms with E-state index in [4.69, 9.17) is 5.11 Å². The summed E-state index contributed by atoms with van der Waals surface area (Å²) in [4.78, 5) is 0. The van der Waals surface area contributed by atoms with E-state index >= 15 is 0 Å². The van der Waals surface area contributed by atoms with Crippen molar-refractivity contribution in [1.29, 1.82) is 0 Å². The second kappa shape index (κ2) is 22.9. The van der Waals surface area contributed by atoms with Gasteiger partial charge in [0.2, 0.25) is 0 Å². The molecule has 3 nitrogen and oxygen atoms in total. The van der Waals surface area contributed by atoms with E-state index in [1.165, 1.54) is 57.8 Å². The SMILES string of the molecule is CCCCCCC[C@@H](O)CCC.CCCCCCC[C@@H](O)CCO. The van der Waals surface area contributed by atoms with Crippen LogP contribution in [0.15, 0.2) is 0 Å². The summed E-state index contributed by atoms with van der Waals surface area (Å²) in [5.74, 6) is 0. The van der Waals surface area contributed by atoms with Crippen LogP contribution < -0.4 is 0 Å². The third kappa shape index (κ3) is 24.1. The molecule has 0 rings (SSSR count). The normalized spacial score (nSPS) is 13.2. The van der Waals surface area contributed by atoms with E-state index in [0.29, 0.717) is 6.42 Å². The van der Waals surface area contributed by atoms with Crippen LogP contribution in [0.2, 0.25) is 0 Å². The second-order valence-electron chi connectivity index (χ2n) is 7.01. The largest absolute Gasteiger partial charge is 0.396 e. The second-order valence-corrected chi connectivity index (χ2v) is 7.01. The first-order chi connectivity index (χ1) is 11.6. The van der Waals surface area contributed by atoms with Gasteiger partial charge in [0.1, 0.15) is 0 Å². The van der Waals surface area contributed by atoms with E-state index in [2.05, 4.69) is 20.8 Å². The smallest absolute Gasteiger partial charge is 0.0562 e. The predicted molar refractivity (Wildman–Crippen MR) is 105 cm³/mol. The Morgan fingerprint density at radius 2 is 0.917 bits per heavy atom. The van der Waals surface area contributed by atoms with Crippen LogP contribution in [0.4, 0.5) is 0 Å². The zero-order chi connectivity index (χ0) is 18.5. The highest BCUT2D eigenvalue weighted by Crippen LogP contribution is 2.10. The molecule has 0 aromatic carbocycles. The fourth-order valence-corrected chi connectivity index (χ4v) is 2.74. The predicted octanol–water partition coefficient (Wildman–Crippen LogP) is 5.60. The molecule has 2 atom stereocenters. The van der Waals surface area contributed by atoms with E-state index in [9.17, 15) is 10.2 Å². The number of aliphatic hydroxyl groups excluding tert-OH is 3. The number of rotatable bonds is 16. The molecule has 0 radical (unpaired) electrons. The van der Waals surface area contributed by atoms with Crippen molar-refractivity contribution in [3.05, 3.63) is 0 Å². The molecular formula is C21H46O3. The Balaban J connectivity index is 0. The Bertz CT molecular complexity index is 187. The highest BCUT2D eigenvalue weighted by Gasteiger charge is 2.02. The van der Waals surface area contributed by atoms with Gasteiger partial charge < -0.3 is 15.3 Å². The molecule has 0 fully saturated rings. The maximum atomic E-state index is 9.41. The van der Waals surface area contributed by atoms with Crippen LogP contribution in [0.3, 0.4) is 0 Å². The first-order valence-electron chi connectivity index (χ1n) is 10.6. The summed E-state index contributed by atoms with van der Waals surface area (Å²) in [5.41, 5.74) is 0. The summed E-state index contributed by atoms with van der Waals surface area (Å²) in [6.45, 7) is 6.66. The van der Waals surface area contributed by atoms with E-state index in [0.717, 1.165) is 32.1 Å². The summed E-state index contributed by atoms with van der Waals surface area (Å²) in [6.07, 6.45) is 16.8. The summed E-state index contributed by atoms with van der Waals surface area (Å²) in [6, 6.07) is 0. The molecule has 0 bridgehead atoms. The molecule has 3 heteroatoms. The molecule has 148 valence electrons. The maximum absolute atomic E-state index is 9.41. The highest BCUT2D eigenvalue weighted by atomic mass is 16.3. The number of hydrogen-bond donors (Lipinski definition) is 3. The third-order valence-corrected chi connectivity index (χ3v) is 4.37. The van der Waals surface area contributed by atoms with Gasteiger partial charge in [-0.15, -0.1) is 0 Å². The fraction of sp³-hybridized carbons (Fsp3) is 1.00. The zero-order valence-electron chi connectivity index (χ0n) is 16.8. The van der Waals surface area contributed by atoms with Crippen LogP contribution in [-0.4, -0.2) is 34.1 Å². The fourth-order valence-electron chi connectivity index (χ4n) is 2.74. The Morgan fingerprint density at radius 1 is 0.500 bits per heavy atom. The molecule has 0 heterocycles. The van der Waals surface area contributed by atoms with Crippen molar-refractivity contribution in [3.63, 3.8) is 0 Å². The minimum Gasteiger partial charge on any atom is -0.396 e. The van der Waals surface area contributed by atoms with Gasteiger partial charge in [-0.2, -0.15) is 0 Å². The maximum Gasteiger partial charge on any atom is 0.0562 e. The molecule has 0 aliphatic carbocycles. The molecular weight excluding hydrogens is 300 g/mol. The Kier molecular flexibility index (Phi) is 24.9. The first-order valence-corrected chi connectivity index (χ1v) is 10.6. The molecule has 0 aromatic rings. The van der Waals surface area contributed by atoms with Crippen LogP contribution in [0, 0.1) is 0 Å². The lowest BCUT2D eigenvalue weighted by molar-refractivity contribution is 0.122. The van der Waals surface area contributed by atoms with Crippen LogP contribution in [0.25, 0.3) is 0 Å². The van der Waals surface area contributed by atoms with Crippen molar-refractivity contribution in [3.8, 4) is 0 Å². The minimum absolute atomic E-state index is 0.0309. The van der Waals surface area contributed by atoms with Crippen LogP contribution >= 0.6 is 0 Å². The molecule has 0 unspecified atom stereocenters. The van der Waals surface area contributed by atoms with Crippen molar-refractivity contribution in [1.82, 2.24) is 0 Å². The summed E-state index contributed by atoms with van der Waals surface area (Å²) >= 11 is 0. The molecule has 0 aliphatic heterocycles. The summed E-state index contributed by atoms with van der Waals surface area (Å²) < 4.78 is 0.